The second-order valence-corrected chi connectivity index (χ2v) is 14.6. The largest absolute Gasteiger partial charge is 0.435 e. The molecular formula is C34H28F7N7O3S. The van der Waals surface area contributed by atoms with Crippen LogP contribution in [-0.2, 0) is 46.9 Å². The van der Waals surface area contributed by atoms with E-state index in [-0.39, 0.29) is 29.9 Å². The summed E-state index contributed by atoms with van der Waals surface area (Å²) in [5.74, 6) is -8.84. The van der Waals surface area contributed by atoms with Crippen molar-refractivity contribution in [1.29, 1.82) is 0 Å². The molecule has 5 aromatic rings. The fraction of sp³-hybridized carbons (Fsp3) is 0.294. The number of benzene rings is 2. The maximum Gasteiger partial charge on any atom is 0.435 e. The molecule has 0 aliphatic heterocycles. The van der Waals surface area contributed by atoms with E-state index < -0.39 is 81.0 Å². The number of carbonyl (C=O) groups is 1. The summed E-state index contributed by atoms with van der Waals surface area (Å²) in [6, 6.07) is 9.55. The van der Waals surface area contributed by atoms with E-state index in [1.807, 2.05) is 0 Å². The lowest BCUT2D eigenvalue weighted by molar-refractivity contribution is -0.142. The minimum absolute atomic E-state index is 0.0265. The van der Waals surface area contributed by atoms with E-state index in [4.69, 9.17) is 0 Å². The predicted molar refractivity (Wildman–Crippen MR) is 175 cm³/mol. The zero-order valence-electron chi connectivity index (χ0n) is 27.3. The third-order valence-electron chi connectivity index (χ3n) is 9.11. The monoisotopic (exact) mass is 747 g/mol. The van der Waals surface area contributed by atoms with Crippen LogP contribution < -0.4 is 10.0 Å². The van der Waals surface area contributed by atoms with E-state index in [0.717, 1.165) is 18.4 Å². The molecule has 1 saturated carbocycles. The van der Waals surface area contributed by atoms with E-state index in [1.54, 1.807) is 37.4 Å². The number of aromatic nitrogens is 5. The summed E-state index contributed by atoms with van der Waals surface area (Å²) in [5.41, 5.74) is -1.36. The highest BCUT2D eigenvalue weighted by Crippen LogP contribution is 2.68. The van der Waals surface area contributed by atoms with Gasteiger partial charge in [-0.25, -0.2) is 17.2 Å². The SMILES string of the molecule is C=Cc1ccc(-c2cccc3c(NS(C)(=O)=O)nn(C)c23)c([C@H](Cc2cc(F)cc(F)c2)NC(=O)Cn2nc(C(F)(F)F)c3c2C(F)(F)[C@@H]2C[C@H]32)n1. The van der Waals surface area contributed by atoms with Crippen LogP contribution >= 0.6 is 0 Å². The molecule has 2 aliphatic rings. The van der Waals surface area contributed by atoms with Crippen molar-refractivity contribution in [2.24, 2.45) is 13.0 Å². The van der Waals surface area contributed by atoms with Gasteiger partial charge < -0.3 is 5.32 Å². The number of amides is 1. The first-order valence-electron chi connectivity index (χ1n) is 15.7. The number of nitrogens with zero attached hydrogens (tertiary/aromatic N) is 5. The van der Waals surface area contributed by atoms with Gasteiger partial charge in [0.1, 0.15) is 23.9 Å². The zero-order chi connectivity index (χ0) is 37.5. The van der Waals surface area contributed by atoms with Gasteiger partial charge in [0.15, 0.2) is 11.5 Å². The van der Waals surface area contributed by atoms with Crippen LogP contribution in [0.3, 0.4) is 0 Å². The Morgan fingerprint density at radius 1 is 1.10 bits per heavy atom. The van der Waals surface area contributed by atoms with Gasteiger partial charge in [-0.05, 0) is 54.7 Å². The second kappa shape index (κ2) is 12.2. The van der Waals surface area contributed by atoms with Crippen molar-refractivity contribution in [3.05, 3.63) is 101 Å². The lowest BCUT2D eigenvalue weighted by Gasteiger charge is -2.23. The first kappa shape index (κ1) is 35.2. The summed E-state index contributed by atoms with van der Waals surface area (Å²) >= 11 is 0. The molecule has 2 aromatic carbocycles. The average molecular weight is 748 g/mol. The summed E-state index contributed by atoms with van der Waals surface area (Å²) in [7, 11) is -2.17. The van der Waals surface area contributed by atoms with Crippen molar-refractivity contribution in [2.75, 3.05) is 11.0 Å². The van der Waals surface area contributed by atoms with Crippen LogP contribution in [0.2, 0.25) is 0 Å². The zero-order valence-corrected chi connectivity index (χ0v) is 28.1. The Morgan fingerprint density at radius 2 is 1.81 bits per heavy atom. The summed E-state index contributed by atoms with van der Waals surface area (Å²) in [6.07, 6.45) is -3.13. The van der Waals surface area contributed by atoms with Crippen molar-refractivity contribution >= 4 is 38.7 Å². The van der Waals surface area contributed by atoms with Crippen molar-refractivity contribution in [2.45, 2.75) is 43.4 Å². The van der Waals surface area contributed by atoms with Gasteiger partial charge in [-0.2, -0.15) is 32.1 Å². The van der Waals surface area contributed by atoms with E-state index in [2.05, 4.69) is 31.8 Å². The number of hydrogen-bond acceptors (Lipinski definition) is 6. The van der Waals surface area contributed by atoms with Gasteiger partial charge in [-0.1, -0.05) is 24.8 Å². The van der Waals surface area contributed by atoms with Gasteiger partial charge in [-0.15, -0.1) is 0 Å². The Labute approximate surface area is 291 Å². The number of fused-ring (bicyclic) bond motifs is 4. The lowest BCUT2D eigenvalue weighted by atomic mass is 9.93. The molecule has 0 spiro atoms. The molecule has 0 saturated heterocycles. The molecule has 272 valence electrons. The molecule has 18 heteroatoms. The van der Waals surface area contributed by atoms with E-state index in [9.17, 15) is 35.2 Å². The van der Waals surface area contributed by atoms with Crippen LogP contribution in [0.5, 0.6) is 0 Å². The molecule has 1 amide bonds. The number of nitrogens with one attached hydrogen (secondary N) is 2. The molecule has 0 radical (unpaired) electrons. The normalized spacial score (nSPS) is 18.2. The summed E-state index contributed by atoms with van der Waals surface area (Å²) in [5, 5.41) is 10.8. The smallest absolute Gasteiger partial charge is 0.346 e. The molecule has 3 atom stereocenters. The highest BCUT2D eigenvalue weighted by molar-refractivity contribution is 7.92. The maximum atomic E-state index is 15.3. The van der Waals surface area contributed by atoms with Gasteiger partial charge >= 0.3 is 6.18 Å². The van der Waals surface area contributed by atoms with Crippen LogP contribution in [0.15, 0.2) is 55.1 Å². The Bertz CT molecular complexity index is 2390. The number of hydrogen-bond donors (Lipinski definition) is 2. The van der Waals surface area contributed by atoms with Crippen LogP contribution in [0, 0.1) is 17.6 Å². The van der Waals surface area contributed by atoms with Gasteiger partial charge in [0.25, 0.3) is 5.92 Å². The molecule has 0 bridgehead atoms. The fourth-order valence-corrected chi connectivity index (χ4v) is 7.55. The van der Waals surface area contributed by atoms with Crippen molar-refractivity contribution in [3.63, 3.8) is 0 Å². The molecule has 2 N–H and O–H groups in total. The van der Waals surface area contributed by atoms with Crippen molar-refractivity contribution in [1.82, 2.24) is 29.9 Å². The van der Waals surface area contributed by atoms with E-state index >= 15 is 8.78 Å². The van der Waals surface area contributed by atoms with E-state index in [1.165, 1.54) is 10.8 Å². The van der Waals surface area contributed by atoms with E-state index in [0.29, 0.717) is 38.5 Å². The summed E-state index contributed by atoms with van der Waals surface area (Å²) < 4.78 is 129. The summed E-state index contributed by atoms with van der Waals surface area (Å²) in [6.45, 7) is 2.70. The Morgan fingerprint density at radius 3 is 2.46 bits per heavy atom. The second-order valence-electron chi connectivity index (χ2n) is 12.9. The highest BCUT2D eigenvalue weighted by atomic mass is 32.2. The molecule has 2 aliphatic carbocycles. The van der Waals surface area contributed by atoms with Crippen molar-refractivity contribution < 1.29 is 43.9 Å². The average Bonchev–Trinajstić information content (AvgIpc) is 3.59. The Hall–Kier alpha value is -5.26. The van der Waals surface area contributed by atoms with Crippen LogP contribution in [0.1, 0.15) is 52.3 Å². The van der Waals surface area contributed by atoms with Gasteiger partial charge in [0, 0.05) is 41.1 Å². The number of carbonyl (C=O) groups excluding carboxylic acids is 1. The lowest BCUT2D eigenvalue weighted by Crippen LogP contribution is -2.35. The number of pyridine rings is 1. The molecular weight excluding hydrogens is 719 g/mol. The minimum atomic E-state index is -5.04. The molecule has 1 fully saturated rings. The number of sulfonamides is 1. The molecule has 52 heavy (non-hydrogen) atoms. The molecule has 10 nitrogen and oxygen atoms in total. The Kier molecular flexibility index (Phi) is 8.23. The minimum Gasteiger partial charge on any atom is -0.346 e. The molecule has 3 aromatic heterocycles. The molecule has 0 unspecified atom stereocenters. The van der Waals surface area contributed by atoms with Gasteiger partial charge in [0.2, 0.25) is 15.9 Å². The summed E-state index contributed by atoms with van der Waals surface area (Å²) in [4.78, 5) is 18.4. The fourth-order valence-electron chi connectivity index (χ4n) is 7.05. The number of anilines is 1. The quantitative estimate of drug-likeness (QED) is 0.158. The standard InChI is InChI=1S/C34H28F7N7O3S/c1-4-19-8-9-20(21-6-5-7-22-29(21)47(2)45-32(22)46-52(3,50)51)28(42-19)25(12-16-10-17(35)13-18(36)11-16)43-26(49)15-48-31-27(30(44-48)34(39,40)41)23-14-24(23)33(31,37)38/h4-11,13,23-25H,1,12,14-15H2,2-3H3,(H,43,49)(H,45,46)/t23-,24+,25-/m0/s1. The topological polar surface area (TPSA) is 124 Å². The van der Waals surface area contributed by atoms with Crippen LogP contribution in [0.25, 0.3) is 28.1 Å². The Balaban J connectivity index is 1.34. The third-order valence-corrected chi connectivity index (χ3v) is 9.68. The van der Waals surface area contributed by atoms with Crippen LogP contribution in [-0.4, -0.2) is 45.1 Å². The number of aryl methyl sites for hydroxylation is 1. The number of rotatable bonds is 10. The first-order chi connectivity index (χ1) is 24.4. The number of halogens is 7. The predicted octanol–water partition coefficient (Wildman–Crippen LogP) is 6.45. The maximum absolute atomic E-state index is 15.3. The number of alkyl halides is 5. The highest BCUT2D eigenvalue weighted by Gasteiger charge is 2.68. The third kappa shape index (κ3) is 6.28. The molecule has 7 rings (SSSR count). The first-order valence-corrected chi connectivity index (χ1v) is 17.6. The van der Waals surface area contributed by atoms with Gasteiger partial charge in [-0.3, -0.25) is 23.9 Å². The van der Waals surface area contributed by atoms with Gasteiger partial charge in [0.05, 0.1) is 29.2 Å². The van der Waals surface area contributed by atoms with Crippen molar-refractivity contribution in [3.8, 4) is 11.1 Å². The van der Waals surface area contributed by atoms with Crippen LogP contribution in [0.4, 0.5) is 36.6 Å². The number of para-hydroxylation sites is 1. The molecule has 3 heterocycles.